The molecule has 0 radical (unpaired) electrons. The van der Waals surface area contributed by atoms with Gasteiger partial charge in [-0.05, 0) is 136 Å². The fraction of sp³-hybridized carbons (Fsp3) is 0.434. The van der Waals surface area contributed by atoms with E-state index in [4.69, 9.17) is 9.72 Å². The summed E-state index contributed by atoms with van der Waals surface area (Å²) in [6.45, 7) is 15.6. The van der Waals surface area contributed by atoms with E-state index >= 15 is 4.39 Å². The second-order valence-electron chi connectivity index (χ2n) is 19.9. The Morgan fingerprint density at radius 1 is 0.870 bits per heavy atom. The minimum Gasteiger partial charge on any atom is -0.444 e. The summed E-state index contributed by atoms with van der Waals surface area (Å²) in [5.74, 6) is 0.0236. The van der Waals surface area contributed by atoms with Gasteiger partial charge in [0.1, 0.15) is 28.9 Å². The smallest absolute Gasteiger partial charge is 0.413 e. The molecule has 7 heterocycles. The maximum atomic E-state index is 15.3. The van der Waals surface area contributed by atoms with Gasteiger partial charge in [0.2, 0.25) is 11.8 Å². The predicted molar refractivity (Wildman–Crippen MR) is 266 cm³/mol. The first-order valence-corrected chi connectivity index (χ1v) is 24.2. The molecular weight excluding hydrogens is 876 g/mol. The first-order valence-electron chi connectivity index (χ1n) is 24.2. The largest absolute Gasteiger partial charge is 0.444 e. The van der Waals surface area contributed by atoms with Crippen molar-refractivity contribution in [2.45, 2.75) is 78.0 Å². The number of anilines is 3. The number of carbonyl (C=O) groups is 4. The number of benzene rings is 2. The van der Waals surface area contributed by atoms with E-state index in [1.54, 1.807) is 24.4 Å². The Morgan fingerprint density at radius 2 is 1.67 bits per heavy atom. The number of amides is 4. The number of rotatable bonds is 11. The number of piperazine rings is 1. The van der Waals surface area contributed by atoms with Crippen LogP contribution < -0.4 is 20.9 Å². The summed E-state index contributed by atoms with van der Waals surface area (Å²) >= 11 is 0. The van der Waals surface area contributed by atoms with Crippen LogP contribution in [0.2, 0.25) is 0 Å². The highest BCUT2D eigenvalue weighted by Gasteiger charge is 2.30. The number of piperidine rings is 2. The molecule has 3 saturated heterocycles. The monoisotopic (exact) mass is 938 g/mol. The molecule has 0 saturated carbocycles. The number of aryl methyl sites for hydroxylation is 2. The van der Waals surface area contributed by atoms with Gasteiger partial charge in [-0.1, -0.05) is 12.1 Å². The fourth-order valence-corrected chi connectivity index (χ4v) is 10.1. The Labute approximate surface area is 403 Å². The summed E-state index contributed by atoms with van der Waals surface area (Å²) in [6, 6.07) is 18.6. The number of pyridine rings is 2. The summed E-state index contributed by atoms with van der Waals surface area (Å²) < 4.78 is 22.8. The molecule has 69 heavy (non-hydrogen) atoms. The molecule has 362 valence electrons. The van der Waals surface area contributed by atoms with E-state index in [-0.39, 0.29) is 30.0 Å². The van der Waals surface area contributed by atoms with Crippen LogP contribution in [0.5, 0.6) is 0 Å². The van der Waals surface area contributed by atoms with Crippen LogP contribution in [0.3, 0.4) is 0 Å². The molecule has 3 N–H and O–H groups in total. The third-order valence-electron chi connectivity index (χ3n) is 13.9. The maximum Gasteiger partial charge on any atom is 0.413 e. The predicted octanol–water partition coefficient (Wildman–Crippen LogP) is 7.61. The molecule has 4 aliphatic rings. The van der Waals surface area contributed by atoms with E-state index in [1.165, 1.54) is 22.9 Å². The van der Waals surface area contributed by atoms with Gasteiger partial charge in [-0.2, -0.15) is 0 Å². The molecule has 0 aliphatic carbocycles. The van der Waals surface area contributed by atoms with Crippen molar-refractivity contribution in [3.05, 3.63) is 107 Å². The summed E-state index contributed by atoms with van der Waals surface area (Å²) in [6.07, 6.45) is 8.84. The lowest BCUT2D eigenvalue weighted by atomic mass is 9.93. The molecule has 1 atom stereocenters. The lowest BCUT2D eigenvalue weighted by molar-refractivity contribution is -0.133. The molecule has 15 nitrogen and oxygen atoms in total. The van der Waals surface area contributed by atoms with Crippen LogP contribution >= 0.6 is 0 Å². The Hall–Kier alpha value is -6.65. The zero-order chi connectivity index (χ0) is 48.4. The number of ether oxygens (including phenoxy) is 1. The average Bonchev–Trinajstić information content (AvgIpc) is 3.64. The number of imide groups is 1. The highest BCUT2D eigenvalue weighted by molar-refractivity contribution is 6.01. The molecule has 5 aromatic rings. The average molecular weight is 939 g/mol. The van der Waals surface area contributed by atoms with Crippen LogP contribution in [0.4, 0.5) is 26.4 Å². The van der Waals surface area contributed by atoms with Crippen molar-refractivity contribution in [3.63, 3.8) is 0 Å². The number of nitrogens with zero attached hydrogens (tertiary/aromatic N) is 7. The van der Waals surface area contributed by atoms with Crippen molar-refractivity contribution in [1.82, 2.24) is 34.6 Å². The van der Waals surface area contributed by atoms with Crippen LogP contribution in [0, 0.1) is 18.7 Å². The number of hydrogen-bond acceptors (Lipinski definition) is 11. The van der Waals surface area contributed by atoms with Gasteiger partial charge in [0.25, 0.3) is 5.91 Å². The van der Waals surface area contributed by atoms with Gasteiger partial charge in [0.15, 0.2) is 0 Å². The molecule has 4 amide bonds. The topological polar surface area (TPSA) is 157 Å². The Balaban J connectivity index is 0.732. The van der Waals surface area contributed by atoms with Crippen molar-refractivity contribution in [1.29, 1.82) is 0 Å². The fourth-order valence-electron chi connectivity index (χ4n) is 10.1. The third-order valence-corrected chi connectivity index (χ3v) is 13.9. The zero-order valence-corrected chi connectivity index (χ0v) is 40.3. The zero-order valence-electron chi connectivity index (χ0n) is 40.3. The van der Waals surface area contributed by atoms with Crippen molar-refractivity contribution in [2.24, 2.45) is 13.0 Å². The van der Waals surface area contributed by atoms with Crippen LogP contribution in [0.1, 0.15) is 80.1 Å². The van der Waals surface area contributed by atoms with Crippen molar-refractivity contribution >= 4 is 57.6 Å². The lowest BCUT2D eigenvalue weighted by Crippen LogP contribution is -2.49. The van der Waals surface area contributed by atoms with Crippen LogP contribution in [0.25, 0.3) is 27.7 Å². The molecule has 3 aromatic heterocycles. The molecule has 4 aliphatic heterocycles. The van der Waals surface area contributed by atoms with E-state index in [0.29, 0.717) is 29.5 Å². The number of halogens is 1. The lowest BCUT2D eigenvalue weighted by Gasteiger charge is -2.39. The van der Waals surface area contributed by atoms with Gasteiger partial charge in [-0.15, -0.1) is 0 Å². The van der Waals surface area contributed by atoms with Crippen LogP contribution in [0.15, 0.2) is 79.1 Å². The first kappa shape index (κ1) is 47.4. The number of hydrogen-bond donors (Lipinski definition) is 3. The van der Waals surface area contributed by atoms with E-state index in [0.717, 1.165) is 118 Å². The number of nitrogens with one attached hydrogen (secondary N) is 3. The first-order chi connectivity index (χ1) is 33.1. The van der Waals surface area contributed by atoms with Gasteiger partial charge in [-0.3, -0.25) is 34.8 Å². The molecule has 0 spiro atoms. The molecule has 3 fully saturated rings. The summed E-state index contributed by atoms with van der Waals surface area (Å²) in [5, 5.41) is 9.14. The normalized spacial score (nSPS) is 18.8. The second-order valence-corrected chi connectivity index (χ2v) is 19.9. The Kier molecular flexibility index (Phi) is 13.8. The standard InChI is InChI=1S/C53H63FN10O5/c1-34-28-37(51(67)64-22-15-35(16-23-64)32-62-24-26-63(27-25-62)46-11-8-39(29-44(46)54)57-45-10-13-48(65)59-50(45)66)6-9-41(34)36-17-20-61(21-18-36)33-40-30-43-42(14-19-55-49(43)60(40)5)38-7-12-47(56-31-38)58-52(68)69-53(2,3)4/h6-9,11-12,14,17,19,28-31,35,45,57H,10,13,15-16,18,20-27,32-33H2,1-5H3,(H,56,58,68)(H,59,65,66). The van der Waals surface area contributed by atoms with Crippen molar-refractivity contribution in [3.8, 4) is 11.1 Å². The quantitative estimate of drug-likeness (QED) is 0.112. The van der Waals surface area contributed by atoms with E-state index in [9.17, 15) is 19.2 Å². The maximum absolute atomic E-state index is 15.3. The van der Waals surface area contributed by atoms with Gasteiger partial charge >= 0.3 is 6.09 Å². The van der Waals surface area contributed by atoms with Gasteiger partial charge in [0.05, 0.1) is 5.69 Å². The summed E-state index contributed by atoms with van der Waals surface area (Å²) in [5.41, 5.74) is 8.86. The molecular formula is C53H63FN10O5. The van der Waals surface area contributed by atoms with E-state index < -0.39 is 17.7 Å². The minimum absolute atomic E-state index is 0.0944. The number of carbonyl (C=O) groups excluding carboxylic acids is 4. The van der Waals surface area contributed by atoms with Gasteiger partial charge in [-0.25, -0.2) is 19.2 Å². The Bertz CT molecular complexity index is 2770. The molecule has 16 heteroatoms. The summed E-state index contributed by atoms with van der Waals surface area (Å²) in [4.78, 5) is 67.8. The molecule has 1 unspecified atom stereocenters. The van der Waals surface area contributed by atoms with E-state index in [2.05, 4.69) is 78.4 Å². The minimum atomic E-state index is -0.600. The number of fused-ring (bicyclic) bond motifs is 1. The van der Waals surface area contributed by atoms with Gasteiger partial charge in [0, 0.05) is 119 Å². The molecule has 2 aromatic carbocycles. The third kappa shape index (κ3) is 11.1. The van der Waals surface area contributed by atoms with Gasteiger partial charge < -0.3 is 24.4 Å². The molecule has 9 rings (SSSR count). The second kappa shape index (κ2) is 20.1. The number of aromatic nitrogens is 3. The number of likely N-dealkylation sites (tertiary alicyclic amines) is 1. The highest BCUT2D eigenvalue weighted by atomic mass is 19.1. The van der Waals surface area contributed by atoms with Crippen molar-refractivity contribution in [2.75, 3.05) is 74.4 Å². The van der Waals surface area contributed by atoms with Crippen LogP contribution in [-0.2, 0) is 27.9 Å². The Morgan fingerprint density at radius 3 is 2.35 bits per heavy atom. The van der Waals surface area contributed by atoms with Crippen molar-refractivity contribution < 1.29 is 28.3 Å². The van der Waals surface area contributed by atoms with E-state index in [1.807, 2.05) is 50.1 Å². The van der Waals surface area contributed by atoms with Crippen LogP contribution in [-0.4, -0.2) is 124 Å². The highest BCUT2D eigenvalue weighted by Crippen LogP contribution is 2.33. The summed E-state index contributed by atoms with van der Waals surface area (Å²) in [7, 11) is 2.06. The SMILES string of the molecule is Cc1cc(C(=O)N2CCC(CN3CCN(c4ccc(NC5CCC(=O)NC5=O)cc4F)CC3)CC2)ccc1C1=CCN(Cc2cc3c(-c4ccc(NC(=O)OC(C)(C)C)nc4)ccnc3n2C)CC1. The molecule has 0 bridgehead atoms.